The molecule has 216 valence electrons. The zero-order valence-electron chi connectivity index (χ0n) is 23.4. The number of aromatic nitrogens is 1. The van der Waals surface area contributed by atoms with Crippen LogP contribution in [-0.4, -0.2) is 70.3 Å². The van der Waals surface area contributed by atoms with Crippen molar-refractivity contribution in [1.82, 2.24) is 14.8 Å². The summed E-state index contributed by atoms with van der Waals surface area (Å²) in [6.45, 7) is 8.81. The predicted molar refractivity (Wildman–Crippen MR) is 161 cm³/mol. The molecule has 0 saturated carbocycles. The van der Waals surface area contributed by atoms with Crippen molar-refractivity contribution in [3.8, 4) is 5.75 Å². The molecule has 0 radical (unpaired) electrons. The van der Waals surface area contributed by atoms with E-state index in [1.54, 1.807) is 24.3 Å². The normalized spacial score (nSPS) is 15.2. The molecule has 1 fully saturated rings. The number of pyridine rings is 1. The second-order valence-corrected chi connectivity index (χ2v) is 10.4. The summed E-state index contributed by atoms with van der Waals surface area (Å²) in [6.07, 6.45) is 4.06. The zero-order valence-corrected chi connectivity index (χ0v) is 24.2. The van der Waals surface area contributed by atoms with Crippen LogP contribution in [0, 0.1) is 0 Å². The second kappa shape index (κ2) is 14.1. The molecular weight excluding hydrogens is 542 g/mol. The highest BCUT2D eigenvalue weighted by atomic mass is 35.5. The molecule has 3 aromatic rings. The first-order chi connectivity index (χ1) is 19.8. The van der Waals surface area contributed by atoms with E-state index >= 15 is 0 Å². The fraction of sp³-hybridized carbons (Fsp3) is 0.355. The number of aromatic hydroxyl groups is 1. The topological polar surface area (TPSA) is 115 Å². The monoisotopic (exact) mass is 577 g/mol. The molecule has 1 aliphatic heterocycles. The highest BCUT2D eigenvalue weighted by molar-refractivity contribution is 6.30. The van der Waals surface area contributed by atoms with Crippen molar-refractivity contribution in [2.24, 2.45) is 0 Å². The fourth-order valence-electron chi connectivity index (χ4n) is 5.04. The van der Waals surface area contributed by atoms with Crippen LogP contribution in [0.1, 0.15) is 65.3 Å². The van der Waals surface area contributed by atoms with Crippen molar-refractivity contribution in [3.05, 3.63) is 82.5 Å². The molecule has 0 bridgehead atoms. The Morgan fingerprint density at radius 1 is 1.05 bits per heavy atom. The molecule has 1 saturated heterocycles. The molecule has 1 atom stereocenters. The molecule has 9 nitrogen and oxygen atoms in total. The van der Waals surface area contributed by atoms with Gasteiger partial charge in [0, 0.05) is 24.8 Å². The minimum absolute atomic E-state index is 0.0177. The Kier molecular flexibility index (Phi) is 10.3. The summed E-state index contributed by atoms with van der Waals surface area (Å²) in [4.78, 5) is 47.6. The van der Waals surface area contributed by atoms with Gasteiger partial charge in [0.1, 0.15) is 11.6 Å². The molecule has 2 aromatic carbocycles. The van der Waals surface area contributed by atoms with Gasteiger partial charge in [0.2, 0.25) is 5.91 Å². The SMILES string of the molecule is CCN(CC)CCCN1CCCC(c2ccc(C(=O)Nc3c(O)cccc3C(=O)Nc3ccc(Cl)cn3)cc2)C1=O. The average Bonchev–Trinajstić information content (AvgIpc) is 2.98. The number of benzene rings is 2. The predicted octanol–water partition coefficient (Wildman–Crippen LogP) is 5.38. The van der Waals surface area contributed by atoms with Crippen molar-refractivity contribution in [3.63, 3.8) is 0 Å². The lowest BCUT2D eigenvalue weighted by atomic mass is 9.89. The number of piperidine rings is 1. The lowest BCUT2D eigenvalue weighted by molar-refractivity contribution is -0.135. The standard InChI is InChI=1S/C31H36ClN5O4/c1-3-36(4-2)17-7-19-37-18-6-9-24(31(37)41)21-11-13-22(14-12-21)29(39)35-28-25(8-5-10-26(28)38)30(40)34-27-16-15-23(32)20-33-27/h5,8,10-16,20,24,38H,3-4,6-7,9,17-19H2,1-2H3,(H,35,39)(H,33,34,40). The van der Waals surface area contributed by atoms with E-state index in [0.717, 1.165) is 57.5 Å². The van der Waals surface area contributed by atoms with Crippen molar-refractivity contribution in [1.29, 1.82) is 0 Å². The van der Waals surface area contributed by atoms with Gasteiger partial charge in [-0.3, -0.25) is 14.4 Å². The Labute approximate surface area is 245 Å². The van der Waals surface area contributed by atoms with Gasteiger partial charge in [-0.25, -0.2) is 4.98 Å². The molecule has 0 spiro atoms. The molecule has 0 aliphatic carbocycles. The maximum Gasteiger partial charge on any atom is 0.259 e. The van der Waals surface area contributed by atoms with Crippen LogP contribution < -0.4 is 10.6 Å². The van der Waals surface area contributed by atoms with E-state index in [9.17, 15) is 19.5 Å². The third-order valence-corrected chi connectivity index (χ3v) is 7.62. The summed E-state index contributed by atoms with van der Waals surface area (Å²) in [5.74, 6) is -1.13. The Morgan fingerprint density at radius 3 is 2.49 bits per heavy atom. The average molecular weight is 578 g/mol. The first kappa shape index (κ1) is 30.0. The molecule has 1 unspecified atom stereocenters. The molecular formula is C31H36ClN5O4. The van der Waals surface area contributed by atoms with Gasteiger partial charge in [-0.2, -0.15) is 0 Å². The number of nitrogens with zero attached hydrogens (tertiary/aromatic N) is 3. The maximum absolute atomic E-state index is 13.2. The number of rotatable bonds is 11. The number of hydrogen-bond donors (Lipinski definition) is 3. The van der Waals surface area contributed by atoms with E-state index < -0.39 is 11.8 Å². The summed E-state index contributed by atoms with van der Waals surface area (Å²) >= 11 is 5.85. The highest BCUT2D eigenvalue weighted by Gasteiger charge is 2.30. The Morgan fingerprint density at radius 2 is 1.80 bits per heavy atom. The number of phenols is 1. The van der Waals surface area contributed by atoms with Gasteiger partial charge >= 0.3 is 0 Å². The number of nitrogens with one attached hydrogen (secondary N) is 2. The van der Waals surface area contributed by atoms with Gasteiger partial charge in [0.15, 0.2) is 0 Å². The number of carbonyl (C=O) groups excluding carboxylic acids is 3. The second-order valence-electron chi connectivity index (χ2n) is 9.99. The summed E-state index contributed by atoms with van der Waals surface area (Å²) in [5, 5.41) is 16.2. The molecule has 3 amide bonds. The van der Waals surface area contributed by atoms with Crippen LogP contribution >= 0.6 is 11.6 Å². The van der Waals surface area contributed by atoms with E-state index in [-0.39, 0.29) is 34.6 Å². The number of para-hydroxylation sites is 1. The Bertz CT molecular complexity index is 1360. The van der Waals surface area contributed by atoms with Crippen LogP contribution in [0.25, 0.3) is 0 Å². The van der Waals surface area contributed by atoms with E-state index in [2.05, 4.69) is 34.4 Å². The van der Waals surface area contributed by atoms with Gasteiger partial charge in [0.25, 0.3) is 11.8 Å². The van der Waals surface area contributed by atoms with Crippen molar-refractivity contribution in [2.75, 3.05) is 43.4 Å². The minimum Gasteiger partial charge on any atom is -0.506 e. The smallest absolute Gasteiger partial charge is 0.259 e. The first-order valence-electron chi connectivity index (χ1n) is 14.0. The quantitative estimate of drug-likeness (QED) is 0.263. The Balaban J connectivity index is 1.41. The lowest BCUT2D eigenvalue weighted by Crippen LogP contribution is -2.41. The molecule has 1 aromatic heterocycles. The summed E-state index contributed by atoms with van der Waals surface area (Å²) in [6, 6.07) is 14.5. The van der Waals surface area contributed by atoms with Gasteiger partial charge < -0.3 is 25.5 Å². The van der Waals surface area contributed by atoms with Crippen LogP contribution in [0.4, 0.5) is 11.5 Å². The number of anilines is 2. The van der Waals surface area contributed by atoms with Crippen LogP contribution in [0.3, 0.4) is 0 Å². The number of phenolic OH excluding ortho intramolecular Hbond substituents is 1. The Hall–Kier alpha value is -3.95. The molecule has 41 heavy (non-hydrogen) atoms. The van der Waals surface area contributed by atoms with Crippen molar-refractivity contribution < 1.29 is 19.5 Å². The van der Waals surface area contributed by atoms with Gasteiger partial charge in [-0.15, -0.1) is 0 Å². The summed E-state index contributed by atoms with van der Waals surface area (Å²) in [5.41, 5.74) is 1.26. The largest absolute Gasteiger partial charge is 0.506 e. The number of halogens is 1. The highest BCUT2D eigenvalue weighted by Crippen LogP contribution is 2.30. The molecule has 1 aliphatic rings. The first-order valence-corrected chi connectivity index (χ1v) is 14.4. The lowest BCUT2D eigenvalue weighted by Gasteiger charge is -2.33. The molecule has 2 heterocycles. The third kappa shape index (κ3) is 7.62. The van der Waals surface area contributed by atoms with E-state index in [1.807, 2.05) is 17.0 Å². The minimum atomic E-state index is -0.557. The van der Waals surface area contributed by atoms with Crippen LogP contribution in [0.2, 0.25) is 5.02 Å². The number of carbonyl (C=O) groups is 3. The third-order valence-electron chi connectivity index (χ3n) is 7.40. The maximum atomic E-state index is 13.2. The van der Waals surface area contributed by atoms with E-state index in [1.165, 1.54) is 24.4 Å². The number of amides is 3. The van der Waals surface area contributed by atoms with Gasteiger partial charge in [0.05, 0.1) is 22.2 Å². The number of hydrogen-bond acceptors (Lipinski definition) is 6. The van der Waals surface area contributed by atoms with Crippen LogP contribution in [0.15, 0.2) is 60.8 Å². The van der Waals surface area contributed by atoms with Gasteiger partial charge in [-0.1, -0.05) is 43.6 Å². The van der Waals surface area contributed by atoms with Crippen molar-refractivity contribution in [2.45, 2.75) is 39.0 Å². The van der Waals surface area contributed by atoms with Crippen LogP contribution in [-0.2, 0) is 4.79 Å². The van der Waals surface area contributed by atoms with Gasteiger partial charge in [-0.05, 0) is 80.9 Å². The molecule has 4 rings (SSSR count). The van der Waals surface area contributed by atoms with Crippen molar-refractivity contribution >= 4 is 40.8 Å². The summed E-state index contributed by atoms with van der Waals surface area (Å²) < 4.78 is 0. The fourth-order valence-corrected chi connectivity index (χ4v) is 5.15. The number of likely N-dealkylation sites (tertiary alicyclic amines) is 1. The summed E-state index contributed by atoms with van der Waals surface area (Å²) in [7, 11) is 0. The zero-order chi connectivity index (χ0) is 29.4. The van der Waals surface area contributed by atoms with E-state index in [4.69, 9.17) is 11.6 Å². The molecule has 3 N–H and O–H groups in total. The molecule has 10 heteroatoms. The van der Waals surface area contributed by atoms with Crippen LogP contribution in [0.5, 0.6) is 5.75 Å². The van der Waals surface area contributed by atoms with E-state index in [0.29, 0.717) is 10.6 Å².